The molecule has 224 valence electrons. The first-order valence-corrected chi connectivity index (χ1v) is 16.5. The first kappa shape index (κ1) is 29.1. The Kier molecular flexibility index (Phi) is 8.11. The van der Waals surface area contributed by atoms with Crippen molar-refractivity contribution in [1.82, 2.24) is 10.1 Å². The number of ether oxygens (including phenoxy) is 1. The van der Waals surface area contributed by atoms with Gasteiger partial charge in [0.1, 0.15) is 23.0 Å². The van der Waals surface area contributed by atoms with E-state index in [1.165, 1.54) is 37.0 Å². The molecule has 0 unspecified atom stereocenters. The van der Waals surface area contributed by atoms with Gasteiger partial charge in [-0.1, -0.05) is 61.4 Å². The first-order valence-electron chi connectivity index (χ1n) is 15.0. The molecule has 43 heavy (non-hydrogen) atoms. The highest BCUT2D eigenvalue weighted by Crippen LogP contribution is 2.43. The fourth-order valence-electron chi connectivity index (χ4n) is 6.18. The molecule has 9 heteroatoms. The van der Waals surface area contributed by atoms with E-state index in [1.807, 2.05) is 19.1 Å². The number of nitrogens with zero attached hydrogens (tertiary/aromatic N) is 1. The van der Waals surface area contributed by atoms with E-state index in [0.29, 0.717) is 11.1 Å². The second-order valence-electron chi connectivity index (χ2n) is 11.6. The average Bonchev–Trinajstić information content (AvgIpc) is 3.02. The minimum atomic E-state index is -4.00. The topological polar surface area (TPSA) is 110 Å². The standard InChI is InChI=1S/C34H37N3O5S/c1-3-24-21-31(41-30-22-29-26(20-28(24)30)16-19-34(42-29)17-8-5-9-18-34)35-36-33(38)32(25-10-6-4-7-11-25)37-43(39,40)27-14-12-23(2)13-15-27/h4,6-7,10-15,20-22,32,37H,3,5,8-9,16-19H2,1-2H3,(H,36,38)/t32-/m0/s1. The Bertz CT molecular complexity index is 1810. The zero-order valence-corrected chi connectivity index (χ0v) is 25.4. The first-order chi connectivity index (χ1) is 20.7. The van der Waals surface area contributed by atoms with Crippen LogP contribution in [-0.4, -0.2) is 19.9 Å². The summed E-state index contributed by atoms with van der Waals surface area (Å²) < 4.78 is 41.8. The molecular weight excluding hydrogens is 562 g/mol. The maximum Gasteiger partial charge on any atom is 0.262 e. The molecule has 1 spiro atoms. The van der Waals surface area contributed by atoms with Gasteiger partial charge in [0.25, 0.3) is 5.91 Å². The lowest BCUT2D eigenvalue weighted by Crippen LogP contribution is -2.41. The molecule has 8 nitrogen and oxygen atoms in total. The smallest absolute Gasteiger partial charge is 0.262 e. The van der Waals surface area contributed by atoms with Crippen LogP contribution in [0.1, 0.15) is 73.7 Å². The third-order valence-electron chi connectivity index (χ3n) is 8.62. The molecule has 3 aromatic carbocycles. The molecule has 4 aromatic rings. The lowest BCUT2D eigenvalue weighted by molar-refractivity contribution is -0.123. The Morgan fingerprint density at radius 3 is 2.44 bits per heavy atom. The quantitative estimate of drug-likeness (QED) is 0.254. The maximum atomic E-state index is 13.5. The molecule has 1 atom stereocenters. The molecule has 1 aliphatic carbocycles. The van der Waals surface area contributed by atoms with Crippen LogP contribution in [0, 0.1) is 6.92 Å². The van der Waals surface area contributed by atoms with Crippen molar-refractivity contribution in [2.45, 2.75) is 81.8 Å². The molecule has 0 bridgehead atoms. The van der Waals surface area contributed by atoms with E-state index < -0.39 is 22.0 Å². The van der Waals surface area contributed by atoms with Gasteiger partial charge in [-0.3, -0.25) is 4.79 Å². The number of carbonyl (C=O) groups is 1. The number of amides is 1. The highest BCUT2D eigenvalue weighted by atomic mass is 32.2. The molecule has 1 amide bonds. The summed E-state index contributed by atoms with van der Waals surface area (Å²) in [6.07, 6.45) is 8.59. The Labute approximate surface area is 252 Å². The predicted molar refractivity (Wildman–Crippen MR) is 165 cm³/mol. The minimum absolute atomic E-state index is 0.0708. The number of nitrogens with one attached hydrogen (secondary N) is 2. The second-order valence-corrected chi connectivity index (χ2v) is 13.3. The van der Waals surface area contributed by atoms with Crippen LogP contribution in [0.25, 0.3) is 11.0 Å². The Hall–Kier alpha value is -3.95. The van der Waals surface area contributed by atoms with E-state index >= 15 is 0 Å². The maximum absolute atomic E-state index is 13.5. The van der Waals surface area contributed by atoms with Gasteiger partial charge in [0.05, 0.1) is 4.90 Å². The average molecular weight is 600 g/mol. The fourth-order valence-corrected chi connectivity index (χ4v) is 7.36. The second kappa shape index (κ2) is 12.0. The van der Waals surface area contributed by atoms with Crippen molar-refractivity contribution < 1.29 is 22.4 Å². The number of rotatable bonds is 7. The molecule has 1 aliphatic heterocycles. The van der Waals surface area contributed by atoms with Crippen LogP contribution in [0.15, 0.2) is 87.2 Å². The summed E-state index contributed by atoms with van der Waals surface area (Å²) in [7, 11) is -4.00. The molecule has 2 aliphatic rings. The highest BCUT2D eigenvalue weighted by molar-refractivity contribution is 7.89. The van der Waals surface area contributed by atoms with E-state index in [4.69, 9.17) is 9.15 Å². The Balaban J connectivity index is 1.30. The van der Waals surface area contributed by atoms with Gasteiger partial charge < -0.3 is 9.15 Å². The molecule has 1 aromatic heterocycles. The van der Waals surface area contributed by atoms with E-state index in [1.54, 1.807) is 42.5 Å². The van der Waals surface area contributed by atoms with Crippen LogP contribution < -0.4 is 20.4 Å². The highest BCUT2D eigenvalue weighted by Gasteiger charge is 2.37. The SMILES string of the molecule is CCc1cc(=NNC(=O)[C@@H](NS(=O)(=O)c2ccc(C)cc2)c2ccccc2)oc2cc3c(cc12)CCC1(CCCCC1)O3. The van der Waals surface area contributed by atoms with Crippen LogP contribution in [0.3, 0.4) is 0 Å². The third kappa shape index (κ3) is 6.24. The van der Waals surface area contributed by atoms with Crippen molar-refractivity contribution in [3.63, 3.8) is 0 Å². The zero-order valence-electron chi connectivity index (χ0n) is 24.6. The number of fused-ring (bicyclic) bond motifs is 2. The Morgan fingerprint density at radius 1 is 0.977 bits per heavy atom. The normalized spacial score (nSPS) is 17.3. The van der Waals surface area contributed by atoms with Gasteiger partial charge in [-0.2, -0.15) is 4.72 Å². The number of sulfonamides is 1. The molecule has 0 saturated heterocycles. The van der Waals surface area contributed by atoms with Crippen LogP contribution in [-0.2, 0) is 27.7 Å². The van der Waals surface area contributed by atoms with Gasteiger partial charge in [-0.25, -0.2) is 13.8 Å². The number of hydrogen-bond donors (Lipinski definition) is 2. The van der Waals surface area contributed by atoms with E-state index in [0.717, 1.165) is 54.4 Å². The summed E-state index contributed by atoms with van der Waals surface area (Å²) in [5.74, 6) is 0.227. The van der Waals surface area contributed by atoms with Crippen LogP contribution in [0.5, 0.6) is 5.75 Å². The van der Waals surface area contributed by atoms with Gasteiger partial charge in [0.15, 0.2) is 0 Å². The van der Waals surface area contributed by atoms with E-state index in [9.17, 15) is 13.2 Å². The molecule has 1 saturated carbocycles. The molecule has 2 N–H and O–H groups in total. The van der Waals surface area contributed by atoms with Crippen LogP contribution in [0.2, 0.25) is 0 Å². The summed E-state index contributed by atoms with van der Waals surface area (Å²) in [4.78, 5) is 13.5. The molecule has 2 heterocycles. The van der Waals surface area contributed by atoms with Crippen molar-refractivity contribution in [2.24, 2.45) is 5.10 Å². The summed E-state index contributed by atoms with van der Waals surface area (Å²) in [5, 5.41) is 5.28. The van der Waals surface area contributed by atoms with Gasteiger partial charge in [-0.15, -0.1) is 5.10 Å². The van der Waals surface area contributed by atoms with Gasteiger partial charge in [0.2, 0.25) is 15.6 Å². The largest absolute Gasteiger partial charge is 0.487 e. The minimum Gasteiger partial charge on any atom is -0.487 e. The summed E-state index contributed by atoms with van der Waals surface area (Å²) in [6.45, 7) is 3.94. The monoisotopic (exact) mass is 599 g/mol. The molecule has 0 radical (unpaired) electrons. The van der Waals surface area contributed by atoms with Crippen LogP contribution >= 0.6 is 0 Å². The Morgan fingerprint density at radius 2 is 1.72 bits per heavy atom. The lowest BCUT2D eigenvalue weighted by Gasteiger charge is -2.41. The van der Waals surface area contributed by atoms with E-state index in [2.05, 4.69) is 28.2 Å². The van der Waals surface area contributed by atoms with Gasteiger partial charge in [-0.05, 0) is 86.8 Å². The molecule has 6 rings (SSSR count). The van der Waals surface area contributed by atoms with Crippen molar-refractivity contribution >= 4 is 26.9 Å². The molecular formula is C34H37N3O5S. The number of aryl methyl sites for hydroxylation is 3. The fraction of sp³-hybridized carbons (Fsp3) is 0.353. The number of benzene rings is 3. The predicted octanol–water partition coefficient (Wildman–Crippen LogP) is 5.98. The number of hydrogen-bond acceptors (Lipinski definition) is 6. The summed E-state index contributed by atoms with van der Waals surface area (Å²) in [6, 6.07) is 19.9. The number of carbonyl (C=O) groups excluding carboxylic acids is 1. The van der Waals surface area contributed by atoms with Gasteiger partial charge in [0, 0.05) is 17.5 Å². The van der Waals surface area contributed by atoms with Crippen molar-refractivity contribution in [3.8, 4) is 5.75 Å². The van der Waals surface area contributed by atoms with Crippen LogP contribution in [0.4, 0.5) is 0 Å². The van der Waals surface area contributed by atoms with Gasteiger partial charge >= 0.3 is 0 Å². The summed E-state index contributed by atoms with van der Waals surface area (Å²) >= 11 is 0. The summed E-state index contributed by atoms with van der Waals surface area (Å²) in [5.41, 5.74) is 6.96. The zero-order chi connectivity index (χ0) is 30.0. The third-order valence-corrected chi connectivity index (χ3v) is 10.1. The lowest BCUT2D eigenvalue weighted by atomic mass is 9.79. The van der Waals surface area contributed by atoms with Crippen molar-refractivity contribution in [2.75, 3.05) is 0 Å². The van der Waals surface area contributed by atoms with Crippen molar-refractivity contribution in [3.05, 3.63) is 101 Å². The van der Waals surface area contributed by atoms with Crippen molar-refractivity contribution in [1.29, 1.82) is 0 Å². The molecule has 1 fully saturated rings. The van der Waals surface area contributed by atoms with E-state index in [-0.39, 0.29) is 16.1 Å².